The van der Waals surface area contributed by atoms with Crippen LogP contribution in [0, 0.1) is 11.3 Å². The summed E-state index contributed by atoms with van der Waals surface area (Å²) in [5.41, 5.74) is 1.88. The number of amides is 1. The molecule has 0 spiro atoms. The lowest BCUT2D eigenvalue weighted by molar-refractivity contribution is -0.124. The minimum absolute atomic E-state index is 0.0678. The third-order valence-corrected chi connectivity index (χ3v) is 5.52. The molecule has 0 N–H and O–H groups in total. The Balaban J connectivity index is 1.86. The van der Waals surface area contributed by atoms with Gasteiger partial charge in [-0.1, -0.05) is 42.5 Å². The number of rotatable bonds is 5. The molecule has 1 amide bonds. The summed E-state index contributed by atoms with van der Waals surface area (Å²) in [5, 5.41) is 11.6. The van der Waals surface area contributed by atoms with Crippen LogP contribution in [0.1, 0.15) is 11.1 Å². The Morgan fingerprint density at radius 1 is 1.10 bits per heavy atom. The van der Waals surface area contributed by atoms with Crippen LogP contribution in [0.4, 0.5) is 0 Å². The number of nitriles is 1. The Hall–Kier alpha value is -2.62. The molecule has 0 aliphatic carbocycles. The molecule has 4 nitrogen and oxygen atoms in total. The predicted octanol–water partition coefficient (Wildman–Crippen LogP) is 5.94. The zero-order chi connectivity index (χ0) is 21.0. The van der Waals surface area contributed by atoms with Gasteiger partial charge in [-0.05, 0) is 72.0 Å². The van der Waals surface area contributed by atoms with Crippen LogP contribution in [-0.4, -0.2) is 24.9 Å². The van der Waals surface area contributed by atoms with Gasteiger partial charge in [-0.3, -0.25) is 4.79 Å². The van der Waals surface area contributed by atoms with Gasteiger partial charge in [0.05, 0.1) is 8.95 Å². The standard InChI is InChI=1S/C23H18Br2N2O2/c1-27(2)23(28)18(13-26)10-15-11-20(24)22(21(25)12-15)29-14-17-8-5-7-16-6-3-4-9-19(16)17/h3-12H,14H2,1-2H3/b18-10-. The Labute approximate surface area is 186 Å². The van der Waals surface area contributed by atoms with Crippen molar-refractivity contribution in [2.24, 2.45) is 0 Å². The third-order valence-electron chi connectivity index (χ3n) is 4.34. The van der Waals surface area contributed by atoms with Gasteiger partial charge in [0.15, 0.2) is 0 Å². The summed E-state index contributed by atoms with van der Waals surface area (Å²) in [5.74, 6) is 0.323. The third kappa shape index (κ3) is 4.87. The van der Waals surface area contributed by atoms with Gasteiger partial charge in [0.2, 0.25) is 0 Å². The van der Waals surface area contributed by atoms with E-state index in [0.717, 1.165) is 19.9 Å². The van der Waals surface area contributed by atoms with E-state index in [1.165, 1.54) is 10.3 Å². The molecule has 0 aliphatic heterocycles. The van der Waals surface area contributed by atoms with Gasteiger partial charge >= 0.3 is 0 Å². The lowest BCUT2D eigenvalue weighted by Crippen LogP contribution is -2.22. The van der Waals surface area contributed by atoms with Crippen molar-refractivity contribution in [2.45, 2.75) is 6.61 Å². The first-order chi connectivity index (χ1) is 13.9. The Morgan fingerprint density at radius 3 is 2.41 bits per heavy atom. The van der Waals surface area contributed by atoms with Crippen molar-refractivity contribution in [1.82, 2.24) is 4.90 Å². The van der Waals surface area contributed by atoms with Gasteiger partial charge in [-0.15, -0.1) is 0 Å². The number of carbonyl (C=O) groups is 1. The van der Waals surface area contributed by atoms with Crippen molar-refractivity contribution in [1.29, 1.82) is 5.26 Å². The molecule has 0 atom stereocenters. The van der Waals surface area contributed by atoms with Crippen LogP contribution in [0.5, 0.6) is 5.75 Å². The highest BCUT2D eigenvalue weighted by atomic mass is 79.9. The quantitative estimate of drug-likeness (QED) is 0.313. The molecule has 3 aromatic rings. The van der Waals surface area contributed by atoms with E-state index in [0.29, 0.717) is 17.9 Å². The smallest absolute Gasteiger partial charge is 0.264 e. The van der Waals surface area contributed by atoms with Crippen LogP contribution < -0.4 is 4.74 Å². The summed E-state index contributed by atoms with van der Waals surface area (Å²) in [6.07, 6.45) is 1.56. The van der Waals surface area contributed by atoms with Gasteiger partial charge in [0, 0.05) is 14.1 Å². The van der Waals surface area contributed by atoms with Gasteiger partial charge in [-0.2, -0.15) is 5.26 Å². The van der Waals surface area contributed by atoms with Crippen LogP contribution in [0.15, 0.2) is 69.1 Å². The molecule has 0 saturated carbocycles. The molecule has 0 unspecified atom stereocenters. The first kappa shape index (κ1) is 21.1. The molecule has 0 fully saturated rings. The minimum atomic E-state index is -0.337. The van der Waals surface area contributed by atoms with E-state index in [1.54, 1.807) is 20.2 Å². The zero-order valence-electron chi connectivity index (χ0n) is 15.9. The van der Waals surface area contributed by atoms with Crippen molar-refractivity contribution in [3.63, 3.8) is 0 Å². The second kappa shape index (κ2) is 9.25. The first-order valence-electron chi connectivity index (χ1n) is 8.82. The normalized spacial score (nSPS) is 11.2. The number of halogens is 2. The average molecular weight is 514 g/mol. The maximum absolute atomic E-state index is 12.1. The van der Waals surface area contributed by atoms with Crippen molar-refractivity contribution >= 4 is 54.6 Å². The highest BCUT2D eigenvalue weighted by Crippen LogP contribution is 2.36. The Bertz CT molecular complexity index is 1120. The molecular weight excluding hydrogens is 496 g/mol. The first-order valence-corrected chi connectivity index (χ1v) is 10.4. The second-order valence-corrected chi connectivity index (χ2v) is 8.32. The molecule has 0 aromatic heterocycles. The van der Waals surface area contributed by atoms with Gasteiger partial charge in [0.1, 0.15) is 24.0 Å². The highest BCUT2D eigenvalue weighted by molar-refractivity contribution is 9.11. The molecule has 6 heteroatoms. The van der Waals surface area contributed by atoms with Crippen molar-refractivity contribution in [3.05, 3.63) is 80.2 Å². The molecule has 146 valence electrons. The SMILES string of the molecule is CN(C)C(=O)/C(C#N)=C\c1cc(Br)c(OCc2cccc3ccccc23)c(Br)c1. The summed E-state index contributed by atoms with van der Waals surface area (Å²) in [4.78, 5) is 13.4. The summed E-state index contributed by atoms with van der Waals surface area (Å²) in [7, 11) is 3.23. The predicted molar refractivity (Wildman–Crippen MR) is 122 cm³/mol. The topological polar surface area (TPSA) is 53.3 Å². The number of nitrogens with zero attached hydrogens (tertiary/aromatic N) is 2. The molecule has 0 saturated heterocycles. The molecule has 3 aromatic carbocycles. The van der Waals surface area contributed by atoms with Crippen LogP contribution in [-0.2, 0) is 11.4 Å². The van der Waals surface area contributed by atoms with Crippen molar-refractivity contribution in [3.8, 4) is 11.8 Å². The van der Waals surface area contributed by atoms with E-state index >= 15 is 0 Å². The second-order valence-electron chi connectivity index (χ2n) is 6.61. The minimum Gasteiger partial charge on any atom is -0.487 e. The number of hydrogen-bond donors (Lipinski definition) is 0. The summed E-state index contributed by atoms with van der Waals surface area (Å²) < 4.78 is 7.54. The monoisotopic (exact) mass is 512 g/mol. The molecule has 0 radical (unpaired) electrons. The lowest BCUT2D eigenvalue weighted by Gasteiger charge is -2.13. The van der Waals surface area contributed by atoms with E-state index in [9.17, 15) is 10.1 Å². The Kier molecular flexibility index (Phi) is 6.73. The van der Waals surface area contributed by atoms with Crippen LogP contribution in [0.2, 0.25) is 0 Å². The molecule has 29 heavy (non-hydrogen) atoms. The number of carbonyl (C=O) groups excluding carboxylic acids is 1. The summed E-state index contributed by atoms with van der Waals surface area (Å²) >= 11 is 7.07. The summed E-state index contributed by atoms with van der Waals surface area (Å²) in [6.45, 7) is 0.413. The van der Waals surface area contributed by atoms with Gasteiger partial charge < -0.3 is 9.64 Å². The van der Waals surface area contributed by atoms with Crippen molar-refractivity contribution in [2.75, 3.05) is 14.1 Å². The number of benzene rings is 3. The Morgan fingerprint density at radius 2 is 1.76 bits per heavy atom. The van der Waals surface area contributed by atoms with Crippen LogP contribution in [0.3, 0.4) is 0 Å². The molecule has 3 rings (SSSR count). The fraction of sp³-hybridized carbons (Fsp3) is 0.130. The number of ether oxygens (including phenoxy) is 1. The number of likely N-dealkylation sites (N-methyl/N-ethyl adjacent to an activating group) is 1. The van der Waals surface area contributed by atoms with Gasteiger partial charge in [-0.25, -0.2) is 0 Å². The van der Waals surface area contributed by atoms with E-state index in [1.807, 2.05) is 42.5 Å². The number of hydrogen-bond acceptors (Lipinski definition) is 3. The van der Waals surface area contributed by atoms with Gasteiger partial charge in [0.25, 0.3) is 5.91 Å². The largest absolute Gasteiger partial charge is 0.487 e. The maximum Gasteiger partial charge on any atom is 0.264 e. The molecule has 0 bridgehead atoms. The lowest BCUT2D eigenvalue weighted by atomic mass is 10.1. The van der Waals surface area contributed by atoms with E-state index in [2.05, 4.69) is 50.1 Å². The van der Waals surface area contributed by atoms with Crippen molar-refractivity contribution < 1.29 is 9.53 Å². The van der Waals surface area contributed by atoms with Crippen LogP contribution in [0.25, 0.3) is 16.8 Å². The van der Waals surface area contributed by atoms with E-state index in [-0.39, 0.29) is 11.5 Å². The highest BCUT2D eigenvalue weighted by Gasteiger charge is 2.14. The summed E-state index contributed by atoms with van der Waals surface area (Å²) in [6, 6.07) is 19.9. The van der Waals surface area contributed by atoms with Crippen LogP contribution >= 0.6 is 31.9 Å². The molecule has 0 aliphatic rings. The average Bonchev–Trinajstić information content (AvgIpc) is 2.71. The van der Waals surface area contributed by atoms with E-state index < -0.39 is 0 Å². The maximum atomic E-state index is 12.1. The zero-order valence-corrected chi connectivity index (χ0v) is 19.1. The number of fused-ring (bicyclic) bond motifs is 1. The fourth-order valence-corrected chi connectivity index (χ4v) is 4.37. The van der Waals surface area contributed by atoms with E-state index in [4.69, 9.17) is 4.74 Å². The fourth-order valence-electron chi connectivity index (χ4n) is 2.92. The molecular formula is C23H18Br2N2O2. The molecule has 0 heterocycles.